The van der Waals surface area contributed by atoms with Gasteiger partial charge in [-0.3, -0.25) is 0 Å². The Labute approximate surface area is 95.4 Å². The van der Waals surface area contributed by atoms with Crippen molar-refractivity contribution in [2.24, 2.45) is 5.92 Å². The molecule has 1 aromatic rings. The molecule has 0 radical (unpaired) electrons. The molecule has 0 unspecified atom stereocenters. The van der Waals surface area contributed by atoms with Gasteiger partial charge in [0, 0.05) is 38.0 Å². The largest absolute Gasteiger partial charge is 0.493 e. The molecule has 16 heavy (non-hydrogen) atoms. The normalized spacial score (nSPS) is 27.8. The standard InChI is InChI=1S/C13H17NO2/c15-8-11-6-14-7-12(11)9-1-2-13-10(5-9)3-4-16-13/h1-2,5,11-12,14-15H,3-4,6-8H2/t11-,12+/m0/s1. The van der Waals surface area contributed by atoms with Gasteiger partial charge in [-0.2, -0.15) is 0 Å². The molecule has 3 nitrogen and oxygen atoms in total. The zero-order chi connectivity index (χ0) is 11.0. The summed E-state index contributed by atoms with van der Waals surface area (Å²) in [4.78, 5) is 0. The first-order valence-corrected chi connectivity index (χ1v) is 5.95. The summed E-state index contributed by atoms with van der Waals surface area (Å²) in [5.41, 5.74) is 2.66. The van der Waals surface area contributed by atoms with Crippen LogP contribution in [0, 0.1) is 5.92 Å². The van der Waals surface area contributed by atoms with Gasteiger partial charge in [-0.05, 0) is 17.2 Å². The van der Waals surface area contributed by atoms with Crippen molar-refractivity contribution in [3.05, 3.63) is 29.3 Å². The summed E-state index contributed by atoms with van der Waals surface area (Å²) in [6.07, 6.45) is 1.02. The van der Waals surface area contributed by atoms with Crippen molar-refractivity contribution in [3.8, 4) is 5.75 Å². The molecule has 0 saturated carbocycles. The van der Waals surface area contributed by atoms with Gasteiger partial charge < -0.3 is 15.2 Å². The molecule has 2 aliphatic rings. The van der Waals surface area contributed by atoms with Crippen molar-refractivity contribution >= 4 is 0 Å². The third-order valence-corrected chi connectivity index (χ3v) is 3.72. The second-order valence-corrected chi connectivity index (χ2v) is 4.67. The number of rotatable bonds is 2. The Morgan fingerprint density at radius 3 is 3.19 bits per heavy atom. The first-order chi connectivity index (χ1) is 7.88. The molecule has 2 N–H and O–H groups in total. The summed E-state index contributed by atoms with van der Waals surface area (Å²) in [5, 5.41) is 12.7. The molecule has 3 heteroatoms. The molecule has 0 bridgehead atoms. The van der Waals surface area contributed by atoms with Crippen molar-refractivity contribution < 1.29 is 9.84 Å². The highest BCUT2D eigenvalue weighted by atomic mass is 16.5. The predicted octanol–water partition coefficient (Wildman–Crippen LogP) is 0.917. The van der Waals surface area contributed by atoms with Gasteiger partial charge in [-0.15, -0.1) is 0 Å². The van der Waals surface area contributed by atoms with E-state index in [2.05, 4.69) is 23.5 Å². The van der Waals surface area contributed by atoms with Crippen molar-refractivity contribution in [1.82, 2.24) is 5.32 Å². The number of hydrogen-bond acceptors (Lipinski definition) is 3. The minimum absolute atomic E-state index is 0.269. The van der Waals surface area contributed by atoms with Crippen LogP contribution < -0.4 is 10.1 Å². The molecule has 2 atom stereocenters. The van der Waals surface area contributed by atoms with Gasteiger partial charge in [-0.25, -0.2) is 0 Å². The van der Waals surface area contributed by atoms with E-state index in [0.717, 1.165) is 31.9 Å². The maximum Gasteiger partial charge on any atom is 0.122 e. The van der Waals surface area contributed by atoms with E-state index < -0.39 is 0 Å². The zero-order valence-corrected chi connectivity index (χ0v) is 9.28. The number of nitrogens with one attached hydrogen (secondary N) is 1. The molecule has 1 saturated heterocycles. The van der Waals surface area contributed by atoms with Crippen LogP contribution in [-0.2, 0) is 6.42 Å². The average Bonchev–Trinajstić information content (AvgIpc) is 2.96. The third kappa shape index (κ3) is 1.60. The lowest BCUT2D eigenvalue weighted by Crippen LogP contribution is -2.14. The Bertz CT molecular complexity index is 392. The number of benzene rings is 1. The van der Waals surface area contributed by atoms with Gasteiger partial charge >= 0.3 is 0 Å². The van der Waals surface area contributed by atoms with Crippen LogP contribution in [0.4, 0.5) is 0 Å². The van der Waals surface area contributed by atoms with E-state index in [0.29, 0.717) is 11.8 Å². The molecule has 0 spiro atoms. The van der Waals surface area contributed by atoms with Crippen molar-refractivity contribution in [2.45, 2.75) is 12.3 Å². The van der Waals surface area contributed by atoms with E-state index in [1.54, 1.807) is 0 Å². The monoisotopic (exact) mass is 219 g/mol. The van der Waals surface area contributed by atoms with Crippen LogP contribution in [0.15, 0.2) is 18.2 Å². The van der Waals surface area contributed by atoms with Crippen molar-refractivity contribution in [1.29, 1.82) is 0 Å². The number of fused-ring (bicyclic) bond motifs is 1. The lowest BCUT2D eigenvalue weighted by molar-refractivity contribution is 0.226. The first kappa shape index (κ1) is 10.1. The molecule has 86 valence electrons. The maximum atomic E-state index is 9.33. The summed E-state index contributed by atoms with van der Waals surface area (Å²) in [7, 11) is 0. The second-order valence-electron chi connectivity index (χ2n) is 4.67. The van der Waals surface area contributed by atoms with Gasteiger partial charge in [0.15, 0.2) is 0 Å². The molecule has 2 aliphatic heterocycles. The molecule has 0 aliphatic carbocycles. The number of aliphatic hydroxyl groups excluding tert-OH is 1. The van der Waals surface area contributed by atoms with Crippen molar-refractivity contribution in [2.75, 3.05) is 26.3 Å². The lowest BCUT2D eigenvalue weighted by atomic mass is 9.88. The maximum absolute atomic E-state index is 9.33. The quantitative estimate of drug-likeness (QED) is 0.777. The van der Waals surface area contributed by atoms with E-state index in [9.17, 15) is 5.11 Å². The minimum atomic E-state index is 0.269. The van der Waals surface area contributed by atoms with Crippen LogP contribution in [0.3, 0.4) is 0 Å². The average molecular weight is 219 g/mol. The molecular formula is C13H17NO2. The number of hydrogen-bond donors (Lipinski definition) is 2. The Kier molecular flexibility index (Phi) is 2.58. The molecule has 0 amide bonds. The molecule has 0 aromatic heterocycles. The molecule has 1 aromatic carbocycles. The van der Waals surface area contributed by atoms with Gasteiger partial charge in [0.2, 0.25) is 0 Å². The lowest BCUT2D eigenvalue weighted by Gasteiger charge is -2.17. The summed E-state index contributed by atoms with van der Waals surface area (Å²) < 4.78 is 5.50. The minimum Gasteiger partial charge on any atom is -0.493 e. The van der Waals surface area contributed by atoms with Crippen LogP contribution in [0.5, 0.6) is 5.75 Å². The van der Waals surface area contributed by atoms with Gasteiger partial charge in [0.25, 0.3) is 0 Å². The Morgan fingerprint density at radius 1 is 1.38 bits per heavy atom. The summed E-state index contributed by atoms with van der Waals surface area (Å²) in [5.74, 6) is 1.85. The number of ether oxygens (including phenoxy) is 1. The van der Waals surface area contributed by atoms with E-state index in [1.165, 1.54) is 11.1 Å². The fraction of sp³-hybridized carbons (Fsp3) is 0.538. The van der Waals surface area contributed by atoms with Gasteiger partial charge in [0.05, 0.1) is 6.61 Å². The number of aliphatic hydroxyl groups is 1. The van der Waals surface area contributed by atoms with Crippen LogP contribution in [0.1, 0.15) is 17.0 Å². The van der Waals surface area contributed by atoms with Gasteiger partial charge in [-0.1, -0.05) is 12.1 Å². The van der Waals surface area contributed by atoms with Gasteiger partial charge in [0.1, 0.15) is 5.75 Å². The highest BCUT2D eigenvalue weighted by Crippen LogP contribution is 2.33. The van der Waals surface area contributed by atoms with Crippen LogP contribution in [0.25, 0.3) is 0 Å². The summed E-state index contributed by atoms with van der Waals surface area (Å²) >= 11 is 0. The van der Waals surface area contributed by atoms with E-state index in [4.69, 9.17) is 4.74 Å². The first-order valence-electron chi connectivity index (χ1n) is 5.95. The third-order valence-electron chi connectivity index (χ3n) is 3.72. The highest BCUT2D eigenvalue weighted by molar-refractivity contribution is 5.41. The fourth-order valence-corrected chi connectivity index (χ4v) is 2.75. The SMILES string of the molecule is OC[C@@H]1CNC[C@@H]1c1ccc2c(c1)CCO2. The highest BCUT2D eigenvalue weighted by Gasteiger charge is 2.28. The van der Waals surface area contributed by atoms with E-state index in [-0.39, 0.29) is 6.61 Å². The van der Waals surface area contributed by atoms with Crippen LogP contribution in [0.2, 0.25) is 0 Å². The molecule has 2 heterocycles. The fourth-order valence-electron chi connectivity index (χ4n) is 2.75. The zero-order valence-electron chi connectivity index (χ0n) is 9.28. The summed E-state index contributed by atoms with van der Waals surface area (Å²) in [6, 6.07) is 6.47. The smallest absolute Gasteiger partial charge is 0.122 e. The molecule has 1 fully saturated rings. The van der Waals surface area contributed by atoms with Crippen LogP contribution in [-0.4, -0.2) is 31.4 Å². The second kappa shape index (κ2) is 4.07. The molecular weight excluding hydrogens is 202 g/mol. The van der Waals surface area contributed by atoms with Crippen LogP contribution >= 0.6 is 0 Å². The summed E-state index contributed by atoms with van der Waals surface area (Å²) in [6.45, 7) is 2.98. The Hall–Kier alpha value is -1.06. The predicted molar refractivity (Wildman–Crippen MR) is 61.8 cm³/mol. The molecule has 3 rings (SSSR count). The Balaban J connectivity index is 1.89. The Morgan fingerprint density at radius 2 is 2.31 bits per heavy atom. The van der Waals surface area contributed by atoms with Crippen molar-refractivity contribution in [3.63, 3.8) is 0 Å². The van der Waals surface area contributed by atoms with E-state index >= 15 is 0 Å². The topological polar surface area (TPSA) is 41.5 Å². The van der Waals surface area contributed by atoms with E-state index in [1.807, 2.05) is 0 Å².